The number of aryl methyl sites for hydroxylation is 2. The number of benzene rings is 2. The highest BCUT2D eigenvalue weighted by atomic mass is 16.2. The van der Waals surface area contributed by atoms with E-state index in [0.717, 1.165) is 33.9 Å². The Morgan fingerprint density at radius 1 is 1.11 bits per heavy atom. The molecule has 0 unspecified atom stereocenters. The molecule has 0 atom stereocenters. The number of anilines is 2. The lowest BCUT2D eigenvalue weighted by Crippen LogP contribution is -2.32. The first-order chi connectivity index (χ1) is 16.8. The number of fused-ring (bicyclic) bond motifs is 1. The van der Waals surface area contributed by atoms with Crippen molar-refractivity contribution in [3.63, 3.8) is 0 Å². The van der Waals surface area contributed by atoms with Gasteiger partial charge in [-0.3, -0.25) is 4.79 Å². The summed E-state index contributed by atoms with van der Waals surface area (Å²) >= 11 is 0. The quantitative estimate of drug-likeness (QED) is 0.414. The molecule has 178 valence electrons. The van der Waals surface area contributed by atoms with Gasteiger partial charge in [-0.25, -0.2) is 9.67 Å². The van der Waals surface area contributed by atoms with Crippen LogP contribution in [0.2, 0.25) is 0 Å². The SMILES string of the molecule is CCn1nc(-c2ccc(-n3cc(C4CC4)nc3C)cc2)nc1Nc1ccc2c(c1)C(C)(C)NC2=O. The molecule has 2 aromatic heterocycles. The summed E-state index contributed by atoms with van der Waals surface area (Å²) in [5, 5.41) is 11.1. The molecular formula is C27H29N7O. The van der Waals surface area contributed by atoms with Crippen LogP contribution < -0.4 is 10.6 Å². The molecule has 1 aliphatic carbocycles. The minimum atomic E-state index is -0.400. The Labute approximate surface area is 204 Å². The first-order valence-corrected chi connectivity index (χ1v) is 12.2. The summed E-state index contributed by atoms with van der Waals surface area (Å²) in [6.07, 6.45) is 4.65. The van der Waals surface area contributed by atoms with Crippen molar-refractivity contribution in [2.75, 3.05) is 5.32 Å². The van der Waals surface area contributed by atoms with Gasteiger partial charge in [-0.2, -0.15) is 4.98 Å². The predicted octanol–water partition coefficient (Wildman–Crippen LogP) is 5.06. The van der Waals surface area contributed by atoms with Gasteiger partial charge in [-0.15, -0.1) is 5.10 Å². The highest BCUT2D eigenvalue weighted by Gasteiger charge is 2.35. The summed E-state index contributed by atoms with van der Waals surface area (Å²) in [5.41, 5.74) is 5.40. The van der Waals surface area contributed by atoms with Crippen molar-refractivity contribution >= 4 is 17.5 Å². The first-order valence-electron chi connectivity index (χ1n) is 12.2. The summed E-state index contributed by atoms with van der Waals surface area (Å²) < 4.78 is 4.00. The predicted molar refractivity (Wildman–Crippen MR) is 135 cm³/mol. The molecule has 1 fully saturated rings. The minimum Gasteiger partial charge on any atom is -0.343 e. The minimum absolute atomic E-state index is 0.0337. The van der Waals surface area contributed by atoms with Crippen molar-refractivity contribution in [3.05, 3.63) is 71.3 Å². The van der Waals surface area contributed by atoms with Crippen LogP contribution in [0.5, 0.6) is 0 Å². The molecule has 2 N–H and O–H groups in total. The van der Waals surface area contributed by atoms with Crippen molar-refractivity contribution in [1.82, 2.24) is 29.6 Å². The molecule has 8 heteroatoms. The topological polar surface area (TPSA) is 89.7 Å². The van der Waals surface area contributed by atoms with Gasteiger partial charge in [0.1, 0.15) is 5.82 Å². The van der Waals surface area contributed by atoms with E-state index in [1.807, 2.05) is 50.6 Å². The molecule has 1 saturated carbocycles. The number of rotatable bonds is 6. The number of hydrogen-bond donors (Lipinski definition) is 2. The van der Waals surface area contributed by atoms with E-state index >= 15 is 0 Å². The van der Waals surface area contributed by atoms with Crippen LogP contribution in [-0.4, -0.2) is 30.2 Å². The van der Waals surface area contributed by atoms with Crippen molar-refractivity contribution < 1.29 is 4.79 Å². The third kappa shape index (κ3) is 3.79. The molecule has 0 saturated heterocycles. The second-order valence-corrected chi connectivity index (χ2v) is 9.94. The zero-order valence-corrected chi connectivity index (χ0v) is 20.5. The lowest BCUT2D eigenvalue weighted by atomic mass is 9.94. The van der Waals surface area contributed by atoms with Gasteiger partial charge in [-0.1, -0.05) is 0 Å². The highest BCUT2D eigenvalue weighted by molar-refractivity contribution is 6.00. The maximum atomic E-state index is 12.2. The van der Waals surface area contributed by atoms with E-state index in [9.17, 15) is 4.79 Å². The van der Waals surface area contributed by atoms with Crippen molar-refractivity contribution in [2.24, 2.45) is 0 Å². The van der Waals surface area contributed by atoms with E-state index in [4.69, 9.17) is 15.1 Å². The number of amides is 1. The van der Waals surface area contributed by atoms with Gasteiger partial charge in [-0.05, 0) is 88.6 Å². The molecule has 6 rings (SSSR count). The van der Waals surface area contributed by atoms with E-state index < -0.39 is 5.54 Å². The summed E-state index contributed by atoms with van der Waals surface area (Å²) in [5.74, 6) is 2.94. The van der Waals surface area contributed by atoms with Crippen LogP contribution in [0.3, 0.4) is 0 Å². The van der Waals surface area contributed by atoms with Crippen LogP contribution in [0.1, 0.15) is 67.0 Å². The number of carbonyl (C=O) groups is 1. The van der Waals surface area contributed by atoms with E-state index in [1.165, 1.54) is 18.5 Å². The zero-order chi connectivity index (χ0) is 24.3. The fourth-order valence-electron chi connectivity index (χ4n) is 4.77. The number of nitrogens with zero attached hydrogens (tertiary/aromatic N) is 5. The second-order valence-electron chi connectivity index (χ2n) is 9.94. The first kappa shape index (κ1) is 21.6. The molecule has 0 radical (unpaired) electrons. The van der Waals surface area contributed by atoms with E-state index in [-0.39, 0.29) is 5.91 Å². The van der Waals surface area contributed by atoms with Crippen LogP contribution in [0.25, 0.3) is 17.1 Å². The monoisotopic (exact) mass is 467 g/mol. The Morgan fingerprint density at radius 3 is 2.60 bits per heavy atom. The number of imidazole rings is 1. The molecule has 8 nitrogen and oxygen atoms in total. The van der Waals surface area contributed by atoms with Gasteiger partial charge in [0.2, 0.25) is 5.95 Å². The van der Waals surface area contributed by atoms with Crippen LogP contribution in [0.4, 0.5) is 11.6 Å². The lowest BCUT2D eigenvalue weighted by molar-refractivity contribution is 0.0940. The standard InChI is InChI=1S/C27H29N7O/c1-5-34-26(29-19-10-13-21-22(14-19)27(3,4)31-25(21)35)30-24(32-34)18-8-11-20(12-9-18)33-15-23(17-6-7-17)28-16(33)2/h8-15,17H,5-7H2,1-4H3,(H,31,35)(H,29,30,32). The van der Waals surface area contributed by atoms with Gasteiger partial charge >= 0.3 is 0 Å². The molecule has 35 heavy (non-hydrogen) atoms. The fourth-order valence-corrected chi connectivity index (χ4v) is 4.77. The summed E-state index contributed by atoms with van der Waals surface area (Å²) in [6.45, 7) is 8.79. The zero-order valence-electron chi connectivity index (χ0n) is 20.5. The maximum absolute atomic E-state index is 12.2. The van der Waals surface area contributed by atoms with E-state index in [0.29, 0.717) is 24.2 Å². The lowest BCUT2D eigenvalue weighted by Gasteiger charge is -2.19. The number of carbonyl (C=O) groups excluding carboxylic acids is 1. The number of nitrogens with one attached hydrogen (secondary N) is 2. The van der Waals surface area contributed by atoms with E-state index in [2.05, 4.69) is 45.7 Å². The number of hydrogen-bond acceptors (Lipinski definition) is 5. The highest BCUT2D eigenvalue weighted by Crippen LogP contribution is 2.39. The van der Waals surface area contributed by atoms with Crippen molar-refractivity contribution in [1.29, 1.82) is 0 Å². The maximum Gasteiger partial charge on any atom is 0.252 e. The molecule has 4 aromatic rings. The smallest absolute Gasteiger partial charge is 0.252 e. The molecule has 3 heterocycles. The molecule has 2 aliphatic rings. The molecule has 1 aliphatic heterocycles. The molecule has 0 spiro atoms. The molecule has 2 aromatic carbocycles. The van der Waals surface area contributed by atoms with Crippen molar-refractivity contribution in [3.8, 4) is 17.1 Å². The molecular weight excluding hydrogens is 438 g/mol. The summed E-state index contributed by atoms with van der Waals surface area (Å²) in [6, 6.07) is 14.1. The second kappa shape index (κ2) is 7.80. The van der Waals surface area contributed by atoms with Gasteiger partial charge in [0.05, 0.1) is 11.2 Å². The fraction of sp³-hybridized carbons (Fsp3) is 0.333. The summed E-state index contributed by atoms with van der Waals surface area (Å²) in [7, 11) is 0. The number of aromatic nitrogens is 5. The van der Waals surface area contributed by atoms with Gasteiger partial charge in [0, 0.05) is 41.2 Å². The Kier molecular flexibility index (Phi) is 4.81. The molecule has 0 bridgehead atoms. The van der Waals surface area contributed by atoms with Crippen LogP contribution in [0.15, 0.2) is 48.7 Å². The van der Waals surface area contributed by atoms with Gasteiger partial charge < -0.3 is 15.2 Å². The summed E-state index contributed by atoms with van der Waals surface area (Å²) in [4.78, 5) is 21.7. The van der Waals surface area contributed by atoms with Crippen molar-refractivity contribution in [2.45, 2.75) is 58.5 Å². The van der Waals surface area contributed by atoms with Gasteiger partial charge in [0.15, 0.2) is 5.82 Å². The Hall–Kier alpha value is -3.94. The Bertz CT molecular complexity index is 1440. The average Bonchev–Trinajstić information content (AvgIpc) is 3.44. The normalized spacial score (nSPS) is 16.3. The third-order valence-electron chi connectivity index (χ3n) is 6.89. The average molecular weight is 468 g/mol. The van der Waals surface area contributed by atoms with Gasteiger partial charge in [0.25, 0.3) is 5.91 Å². The Balaban J connectivity index is 1.26. The Morgan fingerprint density at radius 2 is 1.89 bits per heavy atom. The van der Waals surface area contributed by atoms with Crippen LogP contribution in [-0.2, 0) is 12.1 Å². The largest absolute Gasteiger partial charge is 0.343 e. The van der Waals surface area contributed by atoms with Crippen LogP contribution in [0, 0.1) is 6.92 Å². The third-order valence-corrected chi connectivity index (χ3v) is 6.89. The van der Waals surface area contributed by atoms with Crippen LogP contribution >= 0.6 is 0 Å². The molecule has 1 amide bonds. The van der Waals surface area contributed by atoms with E-state index in [1.54, 1.807) is 0 Å².